The van der Waals surface area contributed by atoms with Gasteiger partial charge in [0.2, 0.25) is 0 Å². The van der Waals surface area contributed by atoms with Crippen LogP contribution in [-0.2, 0) is 4.79 Å². The first kappa shape index (κ1) is 19.4. The maximum absolute atomic E-state index is 11.7. The number of aliphatic carboxylic acids is 1. The Morgan fingerprint density at radius 3 is 2.86 bits per heavy atom. The van der Waals surface area contributed by atoms with E-state index in [2.05, 4.69) is 28.1 Å². The number of hydrogen-bond donors (Lipinski definition) is 1. The van der Waals surface area contributed by atoms with Crippen LogP contribution in [0.4, 0.5) is 0 Å². The number of piperidine rings is 1. The number of nitrogens with zero attached hydrogens (tertiary/aromatic N) is 2. The molecule has 1 saturated heterocycles. The van der Waals surface area contributed by atoms with E-state index in [0.717, 1.165) is 47.2 Å². The molecule has 0 saturated carbocycles. The summed E-state index contributed by atoms with van der Waals surface area (Å²) in [6.07, 6.45) is 3.51. The summed E-state index contributed by atoms with van der Waals surface area (Å²) in [4.78, 5) is 18.6. The molecule has 1 aromatic heterocycles. The largest absolute Gasteiger partial charge is 0.494 e. The van der Waals surface area contributed by atoms with Crippen molar-refractivity contribution in [2.24, 2.45) is 5.92 Å². The van der Waals surface area contributed by atoms with Crippen molar-refractivity contribution in [3.63, 3.8) is 0 Å². The van der Waals surface area contributed by atoms with Crippen LogP contribution in [0.3, 0.4) is 0 Å². The van der Waals surface area contributed by atoms with Crippen molar-refractivity contribution in [1.82, 2.24) is 9.88 Å². The van der Waals surface area contributed by atoms with Crippen molar-refractivity contribution >= 4 is 16.9 Å². The van der Waals surface area contributed by atoms with Gasteiger partial charge in [0.1, 0.15) is 5.75 Å². The first-order valence-electron chi connectivity index (χ1n) is 10.2. The van der Waals surface area contributed by atoms with E-state index in [1.54, 1.807) is 0 Å². The van der Waals surface area contributed by atoms with Crippen molar-refractivity contribution in [1.29, 1.82) is 0 Å². The molecule has 5 heteroatoms. The number of para-hydroxylation sites is 2. The number of benzene rings is 2. The van der Waals surface area contributed by atoms with E-state index >= 15 is 0 Å². The van der Waals surface area contributed by atoms with Gasteiger partial charge >= 0.3 is 5.97 Å². The molecule has 2 unspecified atom stereocenters. The summed E-state index contributed by atoms with van der Waals surface area (Å²) in [6.45, 7) is 3.93. The third-order valence-electron chi connectivity index (χ3n) is 5.61. The van der Waals surface area contributed by atoms with Gasteiger partial charge in [-0.2, -0.15) is 0 Å². The number of pyridine rings is 1. The maximum Gasteiger partial charge on any atom is 0.307 e. The molecule has 3 aromatic rings. The van der Waals surface area contributed by atoms with Gasteiger partial charge in [-0.3, -0.25) is 14.7 Å². The van der Waals surface area contributed by atoms with Crippen LogP contribution in [0.2, 0.25) is 0 Å². The SMILES string of the molecule is CCOc1ccccc1C(c1cnc2ccccc2c1)N1CCCC(C(=O)O)C1. The van der Waals surface area contributed by atoms with Crippen LogP contribution in [-0.4, -0.2) is 40.7 Å². The third kappa shape index (κ3) is 4.10. The minimum absolute atomic E-state index is 0.1000. The molecule has 29 heavy (non-hydrogen) atoms. The van der Waals surface area contributed by atoms with E-state index in [-0.39, 0.29) is 12.0 Å². The lowest BCUT2D eigenvalue weighted by atomic mass is 9.91. The van der Waals surface area contributed by atoms with Crippen molar-refractivity contribution in [2.75, 3.05) is 19.7 Å². The predicted molar refractivity (Wildman–Crippen MR) is 113 cm³/mol. The third-order valence-corrected chi connectivity index (χ3v) is 5.61. The summed E-state index contributed by atoms with van der Waals surface area (Å²) in [5, 5.41) is 10.7. The number of hydrogen-bond acceptors (Lipinski definition) is 4. The molecule has 1 aliphatic rings. The number of carbonyl (C=O) groups is 1. The van der Waals surface area contributed by atoms with Crippen molar-refractivity contribution in [2.45, 2.75) is 25.8 Å². The fourth-order valence-corrected chi connectivity index (χ4v) is 4.26. The number of rotatable bonds is 6. The van der Waals surface area contributed by atoms with Crippen LogP contribution in [0, 0.1) is 5.92 Å². The summed E-state index contributed by atoms with van der Waals surface area (Å²) in [6, 6.07) is 18.2. The minimum Gasteiger partial charge on any atom is -0.494 e. The Balaban J connectivity index is 1.81. The molecule has 150 valence electrons. The average molecular weight is 390 g/mol. The molecule has 0 radical (unpaired) electrons. The first-order chi connectivity index (χ1) is 14.2. The molecule has 0 aliphatic carbocycles. The lowest BCUT2D eigenvalue weighted by Gasteiger charge is -2.38. The molecular formula is C24H26N2O3. The fourth-order valence-electron chi connectivity index (χ4n) is 4.26. The Bertz CT molecular complexity index is 1000. The van der Waals surface area contributed by atoms with E-state index in [9.17, 15) is 9.90 Å². The number of ether oxygens (including phenoxy) is 1. The average Bonchev–Trinajstić information content (AvgIpc) is 2.75. The predicted octanol–water partition coefficient (Wildman–Crippen LogP) is 4.52. The number of aromatic nitrogens is 1. The van der Waals surface area contributed by atoms with Crippen LogP contribution < -0.4 is 4.74 Å². The Morgan fingerprint density at radius 1 is 1.24 bits per heavy atom. The molecule has 2 heterocycles. The van der Waals surface area contributed by atoms with E-state index in [1.807, 2.05) is 49.5 Å². The zero-order valence-electron chi connectivity index (χ0n) is 16.6. The molecule has 0 spiro atoms. The zero-order chi connectivity index (χ0) is 20.2. The van der Waals surface area contributed by atoms with E-state index in [1.165, 1.54) is 0 Å². The topological polar surface area (TPSA) is 62.7 Å². The van der Waals surface area contributed by atoms with Gasteiger partial charge < -0.3 is 9.84 Å². The van der Waals surface area contributed by atoms with Gasteiger partial charge in [-0.25, -0.2) is 0 Å². The van der Waals surface area contributed by atoms with Gasteiger partial charge in [0, 0.05) is 23.7 Å². The lowest BCUT2D eigenvalue weighted by Crippen LogP contribution is -2.41. The second-order valence-electron chi connectivity index (χ2n) is 7.51. The number of carboxylic acids is 1. The Morgan fingerprint density at radius 2 is 2.03 bits per heavy atom. The van der Waals surface area contributed by atoms with E-state index in [4.69, 9.17) is 4.74 Å². The van der Waals surface area contributed by atoms with Gasteiger partial charge in [0.25, 0.3) is 0 Å². The molecule has 1 fully saturated rings. The van der Waals surface area contributed by atoms with Crippen LogP contribution in [0.25, 0.3) is 10.9 Å². The Labute approximate surface area is 170 Å². The highest BCUT2D eigenvalue weighted by Gasteiger charge is 2.32. The smallest absolute Gasteiger partial charge is 0.307 e. The summed E-state index contributed by atoms with van der Waals surface area (Å²) in [7, 11) is 0. The van der Waals surface area contributed by atoms with Gasteiger partial charge in [-0.15, -0.1) is 0 Å². The number of carboxylic acid groups (broad SMARTS) is 1. The highest BCUT2D eigenvalue weighted by atomic mass is 16.5. The first-order valence-corrected chi connectivity index (χ1v) is 10.2. The molecule has 1 N–H and O–H groups in total. The normalized spacial score (nSPS) is 18.4. The van der Waals surface area contributed by atoms with Crippen molar-refractivity contribution in [3.8, 4) is 5.75 Å². The van der Waals surface area contributed by atoms with Gasteiger partial charge in [-0.1, -0.05) is 36.4 Å². The molecule has 1 aliphatic heterocycles. The van der Waals surface area contributed by atoms with Crippen LogP contribution >= 0.6 is 0 Å². The minimum atomic E-state index is -0.719. The maximum atomic E-state index is 11.7. The van der Waals surface area contributed by atoms with Crippen molar-refractivity contribution < 1.29 is 14.6 Å². The second-order valence-corrected chi connectivity index (χ2v) is 7.51. The summed E-state index contributed by atoms with van der Waals surface area (Å²) >= 11 is 0. The highest BCUT2D eigenvalue weighted by Crippen LogP contribution is 2.37. The summed E-state index contributed by atoms with van der Waals surface area (Å²) in [5.74, 6) is -0.229. The number of fused-ring (bicyclic) bond motifs is 1. The van der Waals surface area contributed by atoms with E-state index < -0.39 is 5.97 Å². The van der Waals surface area contributed by atoms with Gasteiger partial charge in [0.05, 0.1) is 24.1 Å². The van der Waals surface area contributed by atoms with Crippen LogP contribution in [0.5, 0.6) is 5.75 Å². The standard InChI is InChI=1S/C24H26N2O3/c1-2-29-22-12-6-4-10-20(22)23(26-13-7-9-18(16-26)24(27)28)19-14-17-8-3-5-11-21(17)25-15-19/h3-6,8,10-12,14-15,18,23H,2,7,9,13,16H2,1H3,(H,27,28). The Hall–Kier alpha value is -2.92. The lowest BCUT2D eigenvalue weighted by molar-refractivity contribution is -0.143. The van der Waals surface area contributed by atoms with Gasteiger partial charge in [0.15, 0.2) is 0 Å². The molecule has 2 atom stereocenters. The molecule has 0 bridgehead atoms. The summed E-state index contributed by atoms with van der Waals surface area (Å²) < 4.78 is 5.93. The van der Waals surface area contributed by atoms with Crippen LogP contribution in [0.15, 0.2) is 60.8 Å². The zero-order valence-corrected chi connectivity index (χ0v) is 16.6. The molecule has 2 aromatic carbocycles. The quantitative estimate of drug-likeness (QED) is 0.670. The molecule has 0 amide bonds. The van der Waals surface area contributed by atoms with Crippen molar-refractivity contribution in [3.05, 3.63) is 71.9 Å². The highest BCUT2D eigenvalue weighted by molar-refractivity contribution is 5.79. The second kappa shape index (κ2) is 8.62. The molecule has 4 rings (SSSR count). The molecule has 5 nitrogen and oxygen atoms in total. The van der Waals surface area contributed by atoms with Gasteiger partial charge in [-0.05, 0) is 50.1 Å². The van der Waals surface area contributed by atoms with Crippen LogP contribution in [0.1, 0.15) is 36.9 Å². The monoisotopic (exact) mass is 390 g/mol. The molecular weight excluding hydrogens is 364 g/mol. The van der Waals surface area contributed by atoms with E-state index in [0.29, 0.717) is 13.2 Å². The Kier molecular flexibility index (Phi) is 5.76. The fraction of sp³-hybridized carbons (Fsp3) is 0.333. The summed E-state index contributed by atoms with van der Waals surface area (Å²) in [5.41, 5.74) is 3.06. The number of likely N-dealkylation sites (tertiary alicyclic amines) is 1.